The molecule has 0 bridgehead atoms. The third-order valence-electron chi connectivity index (χ3n) is 4.73. The van der Waals surface area contributed by atoms with E-state index in [9.17, 15) is 4.39 Å². The molecule has 0 aliphatic heterocycles. The van der Waals surface area contributed by atoms with E-state index in [2.05, 4.69) is 31.4 Å². The van der Waals surface area contributed by atoms with Gasteiger partial charge in [0.05, 0.1) is 29.8 Å². The van der Waals surface area contributed by atoms with Crippen molar-refractivity contribution < 1.29 is 4.39 Å². The highest BCUT2D eigenvalue weighted by Gasteiger charge is 2.43. The Morgan fingerprint density at radius 3 is 3.00 bits per heavy atom. The zero-order valence-electron chi connectivity index (χ0n) is 13.8. The molecule has 2 aliphatic carbocycles. The van der Waals surface area contributed by atoms with Crippen molar-refractivity contribution >= 4 is 17.2 Å². The fourth-order valence-corrected chi connectivity index (χ4v) is 3.13. The number of nitrogens with one attached hydrogen (secondary N) is 1. The summed E-state index contributed by atoms with van der Waals surface area (Å²) in [6.07, 6.45) is 7.79. The van der Waals surface area contributed by atoms with Gasteiger partial charge in [0.25, 0.3) is 0 Å². The molecule has 3 aromatic rings. The molecule has 7 heteroatoms. The number of halogens is 1. The number of nitrogens with zero attached hydrogens (tertiary/aromatic N) is 5. The first kappa shape index (κ1) is 14.5. The van der Waals surface area contributed by atoms with E-state index < -0.39 is 5.67 Å². The second kappa shape index (κ2) is 5.08. The Bertz CT molecular complexity index is 1020. The van der Waals surface area contributed by atoms with Gasteiger partial charge in [0.15, 0.2) is 5.65 Å². The summed E-state index contributed by atoms with van der Waals surface area (Å²) in [7, 11) is 0. The molecular weight excluding hydrogens is 319 g/mol. The molecule has 1 N–H and O–H groups in total. The maximum absolute atomic E-state index is 13.7. The Balaban J connectivity index is 1.43. The van der Waals surface area contributed by atoms with Gasteiger partial charge in [0.2, 0.25) is 5.95 Å². The molecule has 3 heterocycles. The first-order valence-corrected chi connectivity index (χ1v) is 8.42. The average Bonchev–Trinajstić information content (AvgIpc) is 3.04. The summed E-state index contributed by atoms with van der Waals surface area (Å²) < 4.78 is 15.5. The minimum Gasteiger partial charge on any atom is -0.351 e. The molecule has 2 aliphatic rings. The van der Waals surface area contributed by atoms with Crippen LogP contribution in [0.1, 0.15) is 35.5 Å². The predicted octanol–water partition coefficient (Wildman–Crippen LogP) is 2.73. The number of anilines is 1. The molecule has 0 aromatic carbocycles. The zero-order chi connectivity index (χ0) is 17.0. The fourth-order valence-electron chi connectivity index (χ4n) is 3.13. The summed E-state index contributed by atoms with van der Waals surface area (Å²) in [4.78, 5) is 13.3. The van der Waals surface area contributed by atoms with Gasteiger partial charge >= 0.3 is 0 Å². The zero-order valence-corrected chi connectivity index (χ0v) is 13.8. The molecule has 0 amide bonds. The van der Waals surface area contributed by atoms with Crippen molar-refractivity contribution in [2.75, 3.05) is 11.9 Å². The van der Waals surface area contributed by atoms with Crippen molar-refractivity contribution in [2.45, 2.75) is 31.9 Å². The van der Waals surface area contributed by atoms with Crippen LogP contribution in [0.15, 0.2) is 30.6 Å². The molecule has 6 nitrogen and oxygen atoms in total. The monoisotopic (exact) mass is 336 g/mol. The van der Waals surface area contributed by atoms with Crippen LogP contribution in [0.5, 0.6) is 0 Å². The van der Waals surface area contributed by atoms with Gasteiger partial charge in [0.1, 0.15) is 5.67 Å². The second-order valence-electron chi connectivity index (χ2n) is 6.78. The highest BCUT2D eigenvalue weighted by atomic mass is 19.1. The van der Waals surface area contributed by atoms with E-state index in [1.807, 2.05) is 25.3 Å². The first-order chi connectivity index (χ1) is 12.1. The number of rotatable bonds is 4. The van der Waals surface area contributed by atoms with E-state index in [0.29, 0.717) is 18.8 Å². The molecule has 0 unspecified atom stereocenters. The van der Waals surface area contributed by atoms with Crippen LogP contribution in [-0.2, 0) is 6.42 Å². The van der Waals surface area contributed by atoms with E-state index in [1.165, 1.54) is 0 Å². The van der Waals surface area contributed by atoms with Crippen molar-refractivity contribution in [1.82, 2.24) is 24.6 Å². The lowest BCUT2D eigenvalue weighted by molar-refractivity contribution is 0.326. The molecule has 0 radical (unpaired) electrons. The quantitative estimate of drug-likeness (QED) is 0.793. The normalized spacial score (nSPS) is 17.4. The standard InChI is InChI=1S/C18H17FN6/c1-11-9-25-16(22-11)5-4-15(24-25)12-2-3-14-13(12)8-20-17(23-14)21-10-18(19)6-7-18/h2,4-5,8-9H,3,6-7,10H2,1H3,(H,20,21,23). The Kier molecular flexibility index (Phi) is 2.95. The molecule has 0 saturated heterocycles. The summed E-state index contributed by atoms with van der Waals surface area (Å²) in [5, 5.41) is 7.65. The van der Waals surface area contributed by atoms with E-state index in [4.69, 9.17) is 0 Å². The van der Waals surface area contributed by atoms with Crippen LogP contribution >= 0.6 is 0 Å². The molecule has 25 heavy (non-hydrogen) atoms. The summed E-state index contributed by atoms with van der Waals surface area (Å²) in [5.74, 6) is 0.492. The van der Waals surface area contributed by atoms with Crippen molar-refractivity contribution in [3.05, 3.63) is 53.2 Å². The number of aryl methyl sites for hydroxylation is 1. The van der Waals surface area contributed by atoms with E-state index >= 15 is 0 Å². The topological polar surface area (TPSA) is 68.0 Å². The minimum absolute atomic E-state index is 0.282. The van der Waals surface area contributed by atoms with Gasteiger partial charge in [-0.1, -0.05) is 6.08 Å². The Morgan fingerprint density at radius 1 is 1.28 bits per heavy atom. The number of allylic oxidation sites excluding steroid dienone is 1. The van der Waals surface area contributed by atoms with Crippen molar-refractivity contribution in [1.29, 1.82) is 0 Å². The van der Waals surface area contributed by atoms with Gasteiger partial charge in [-0.3, -0.25) is 0 Å². The summed E-state index contributed by atoms with van der Waals surface area (Å²) >= 11 is 0. The van der Waals surface area contributed by atoms with Crippen molar-refractivity contribution in [2.24, 2.45) is 0 Å². The minimum atomic E-state index is -1.06. The van der Waals surface area contributed by atoms with Gasteiger partial charge in [-0.15, -0.1) is 0 Å². The smallest absolute Gasteiger partial charge is 0.223 e. The maximum atomic E-state index is 13.7. The number of hydrogen-bond donors (Lipinski definition) is 1. The first-order valence-electron chi connectivity index (χ1n) is 8.42. The van der Waals surface area contributed by atoms with Gasteiger partial charge in [-0.2, -0.15) is 5.10 Å². The molecule has 0 atom stereocenters. The fraction of sp³-hybridized carbons (Fsp3) is 0.333. The van der Waals surface area contributed by atoms with Crippen molar-refractivity contribution in [3.63, 3.8) is 0 Å². The SMILES string of the molecule is Cc1cn2nc(C3=CCc4nc(NCC5(F)CC5)ncc43)ccc2n1. The molecule has 1 fully saturated rings. The Morgan fingerprint density at radius 2 is 2.16 bits per heavy atom. The summed E-state index contributed by atoms with van der Waals surface area (Å²) in [6.45, 7) is 2.23. The van der Waals surface area contributed by atoms with Crippen molar-refractivity contribution in [3.8, 4) is 0 Å². The number of fused-ring (bicyclic) bond motifs is 2. The van der Waals surface area contributed by atoms with Gasteiger partial charge < -0.3 is 5.32 Å². The molecule has 5 rings (SSSR count). The number of alkyl halides is 1. The van der Waals surface area contributed by atoms with Crippen LogP contribution in [0.3, 0.4) is 0 Å². The third kappa shape index (κ3) is 2.56. The van der Waals surface area contributed by atoms with Gasteiger partial charge in [0, 0.05) is 23.8 Å². The molecule has 1 saturated carbocycles. The largest absolute Gasteiger partial charge is 0.351 e. The molecule has 3 aromatic heterocycles. The third-order valence-corrected chi connectivity index (χ3v) is 4.73. The number of imidazole rings is 1. The van der Waals surface area contributed by atoms with Crippen LogP contribution in [0.4, 0.5) is 10.3 Å². The lowest BCUT2D eigenvalue weighted by Crippen LogP contribution is -2.18. The predicted molar refractivity (Wildman–Crippen MR) is 92.1 cm³/mol. The Labute approximate surface area is 143 Å². The highest BCUT2D eigenvalue weighted by Crippen LogP contribution is 2.39. The Hall–Kier alpha value is -2.83. The van der Waals surface area contributed by atoms with Gasteiger partial charge in [-0.25, -0.2) is 23.9 Å². The number of hydrogen-bond acceptors (Lipinski definition) is 5. The highest BCUT2D eigenvalue weighted by molar-refractivity contribution is 5.82. The second-order valence-corrected chi connectivity index (χ2v) is 6.78. The van der Waals surface area contributed by atoms with Crippen LogP contribution in [0.25, 0.3) is 11.2 Å². The van der Waals surface area contributed by atoms with E-state index in [0.717, 1.165) is 40.3 Å². The summed E-state index contributed by atoms with van der Waals surface area (Å²) in [5.41, 5.74) is 4.53. The van der Waals surface area contributed by atoms with E-state index in [-0.39, 0.29) is 6.54 Å². The summed E-state index contributed by atoms with van der Waals surface area (Å²) in [6, 6.07) is 3.93. The van der Waals surface area contributed by atoms with Crippen LogP contribution in [0.2, 0.25) is 0 Å². The lowest BCUT2D eigenvalue weighted by Gasteiger charge is -2.09. The molecular formula is C18H17FN6. The average molecular weight is 336 g/mol. The van der Waals surface area contributed by atoms with Crippen LogP contribution in [-0.4, -0.2) is 36.8 Å². The maximum Gasteiger partial charge on any atom is 0.223 e. The van der Waals surface area contributed by atoms with Crippen LogP contribution < -0.4 is 5.32 Å². The van der Waals surface area contributed by atoms with E-state index in [1.54, 1.807) is 10.7 Å². The van der Waals surface area contributed by atoms with Gasteiger partial charge in [-0.05, 0) is 31.9 Å². The molecule has 0 spiro atoms. The number of aromatic nitrogens is 5. The lowest BCUT2D eigenvalue weighted by atomic mass is 10.1. The van der Waals surface area contributed by atoms with Crippen LogP contribution in [0, 0.1) is 6.92 Å². The molecule has 126 valence electrons.